The Morgan fingerprint density at radius 3 is 2.85 bits per heavy atom. The van der Waals surface area contributed by atoms with Crippen LogP contribution in [0.2, 0.25) is 0 Å². The molecule has 0 atom stereocenters. The summed E-state index contributed by atoms with van der Waals surface area (Å²) in [5, 5.41) is 9.20. The Morgan fingerprint density at radius 1 is 1.25 bits per heavy atom. The molecular formula is C13H13N5O2. The average molecular weight is 271 g/mol. The summed E-state index contributed by atoms with van der Waals surface area (Å²) in [7, 11) is 0. The molecule has 1 fully saturated rings. The Balaban J connectivity index is 1.95. The minimum Gasteiger partial charge on any atom is -0.382 e. The fourth-order valence-corrected chi connectivity index (χ4v) is 2.15. The third kappa shape index (κ3) is 2.09. The van der Waals surface area contributed by atoms with Crippen molar-refractivity contribution in [2.75, 3.05) is 23.7 Å². The summed E-state index contributed by atoms with van der Waals surface area (Å²) >= 11 is 0. The summed E-state index contributed by atoms with van der Waals surface area (Å²) in [5.74, 6) is -0.719. The van der Waals surface area contributed by atoms with Crippen LogP contribution in [0.25, 0.3) is 11.3 Å². The second-order valence-corrected chi connectivity index (χ2v) is 4.47. The van der Waals surface area contributed by atoms with E-state index in [1.54, 1.807) is 12.1 Å². The van der Waals surface area contributed by atoms with Crippen LogP contribution in [0.15, 0.2) is 30.3 Å². The van der Waals surface area contributed by atoms with Crippen LogP contribution >= 0.6 is 0 Å². The normalized spacial score (nSPS) is 15.3. The maximum atomic E-state index is 11.9. The lowest BCUT2D eigenvalue weighted by atomic mass is 10.1. The molecule has 2 aromatic rings. The number of amides is 2. The Labute approximate surface area is 114 Å². The van der Waals surface area contributed by atoms with Gasteiger partial charge in [0.25, 0.3) is 0 Å². The molecule has 3 rings (SSSR count). The quantitative estimate of drug-likeness (QED) is 0.675. The van der Waals surface area contributed by atoms with Crippen LogP contribution in [0.3, 0.4) is 0 Å². The number of H-pyrrole nitrogens is 1. The molecule has 1 saturated heterocycles. The third-order valence-electron chi connectivity index (χ3n) is 3.13. The van der Waals surface area contributed by atoms with E-state index in [0.717, 1.165) is 11.3 Å². The van der Waals surface area contributed by atoms with E-state index in [0.29, 0.717) is 24.6 Å². The molecule has 7 nitrogen and oxygen atoms in total. The topological polar surface area (TPSA) is 104 Å². The molecule has 0 aliphatic carbocycles. The smallest absolute Gasteiger partial charge is 0.316 e. The molecule has 2 amide bonds. The first kappa shape index (κ1) is 12.2. The lowest BCUT2D eigenvalue weighted by molar-refractivity contribution is -0.138. The number of carbonyl (C=O) groups is 2. The van der Waals surface area contributed by atoms with Gasteiger partial charge in [-0.1, -0.05) is 12.1 Å². The summed E-state index contributed by atoms with van der Waals surface area (Å²) in [5.41, 5.74) is 7.87. The van der Waals surface area contributed by atoms with Gasteiger partial charge >= 0.3 is 11.8 Å². The molecule has 0 unspecified atom stereocenters. The lowest BCUT2D eigenvalue weighted by Gasteiger charge is -2.26. The van der Waals surface area contributed by atoms with Crippen molar-refractivity contribution in [1.29, 1.82) is 0 Å². The number of piperazine rings is 1. The van der Waals surface area contributed by atoms with Gasteiger partial charge in [-0.15, -0.1) is 0 Å². The van der Waals surface area contributed by atoms with Gasteiger partial charge in [0.05, 0.1) is 5.69 Å². The van der Waals surface area contributed by atoms with E-state index in [9.17, 15) is 9.59 Å². The number of anilines is 2. The Morgan fingerprint density at radius 2 is 2.10 bits per heavy atom. The van der Waals surface area contributed by atoms with Crippen LogP contribution in [-0.4, -0.2) is 35.1 Å². The van der Waals surface area contributed by atoms with Crippen LogP contribution in [0, 0.1) is 0 Å². The Bertz CT molecular complexity index is 679. The van der Waals surface area contributed by atoms with Crippen molar-refractivity contribution in [1.82, 2.24) is 15.5 Å². The number of nitrogens with one attached hydrogen (secondary N) is 2. The number of hydrogen-bond acceptors (Lipinski definition) is 4. The molecule has 20 heavy (non-hydrogen) atoms. The largest absolute Gasteiger partial charge is 0.382 e. The van der Waals surface area contributed by atoms with Crippen LogP contribution in [0.4, 0.5) is 11.5 Å². The van der Waals surface area contributed by atoms with Gasteiger partial charge in [0, 0.05) is 30.4 Å². The van der Waals surface area contributed by atoms with Crippen molar-refractivity contribution in [3.8, 4) is 11.3 Å². The summed E-state index contributed by atoms with van der Waals surface area (Å²) < 4.78 is 0. The Kier molecular flexibility index (Phi) is 2.86. The SMILES string of the molecule is Nc1cc(-c2cccc(N3CCNC(=O)C3=O)c2)[nH]n1. The molecule has 1 aromatic heterocycles. The third-order valence-corrected chi connectivity index (χ3v) is 3.13. The summed E-state index contributed by atoms with van der Waals surface area (Å²) in [4.78, 5) is 24.7. The monoisotopic (exact) mass is 271 g/mol. The molecule has 0 spiro atoms. The second-order valence-electron chi connectivity index (χ2n) is 4.47. The number of rotatable bonds is 2. The van der Waals surface area contributed by atoms with E-state index in [1.165, 1.54) is 4.90 Å². The van der Waals surface area contributed by atoms with E-state index in [2.05, 4.69) is 15.5 Å². The molecule has 1 aliphatic heterocycles. The van der Waals surface area contributed by atoms with Gasteiger partial charge in [-0.25, -0.2) is 0 Å². The molecule has 0 radical (unpaired) electrons. The number of nitrogens with zero attached hydrogens (tertiary/aromatic N) is 2. The van der Waals surface area contributed by atoms with Gasteiger partial charge in [0.1, 0.15) is 5.82 Å². The predicted molar refractivity (Wildman–Crippen MR) is 73.8 cm³/mol. The number of aromatic amines is 1. The molecule has 4 N–H and O–H groups in total. The lowest BCUT2D eigenvalue weighted by Crippen LogP contribution is -2.52. The standard InChI is InChI=1S/C13H13N5O2/c14-11-7-10(16-17-11)8-2-1-3-9(6-8)18-5-4-15-12(19)13(18)20/h1-3,6-7H,4-5H2,(H,15,19)(H3,14,16,17). The zero-order valence-corrected chi connectivity index (χ0v) is 10.6. The van der Waals surface area contributed by atoms with E-state index < -0.39 is 11.8 Å². The van der Waals surface area contributed by atoms with Crippen molar-refractivity contribution < 1.29 is 9.59 Å². The van der Waals surface area contributed by atoms with Gasteiger partial charge in [-0.3, -0.25) is 14.7 Å². The van der Waals surface area contributed by atoms with Crippen molar-refractivity contribution in [2.24, 2.45) is 0 Å². The first-order valence-electron chi connectivity index (χ1n) is 6.16. The van der Waals surface area contributed by atoms with Crippen molar-refractivity contribution in [3.05, 3.63) is 30.3 Å². The highest BCUT2D eigenvalue weighted by Crippen LogP contribution is 2.24. The molecule has 1 aromatic carbocycles. The van der Waals surface area contributed by atoms with E-state index in [4.69, 9.17) is 5.73 Å². The van der Waals surface area contributed by atoms with Gasteiger partial charge in [-0.2, -0.15) is 5.10 Å². The number of hydrogen-bond donors (Lipinski definition) is 3. The van der Waals surface area contributed by atoms with Gasteiger partial charge in [-0.05, 0) is 12.1 Å². The van der Waals surface area contributed by atoms with Gasteiger partial charge in [0.2, 0.25) is 0 Å². The minimum atomic E-state index is -0.576. The van der Waals surface area contributed by atoms with Crippen molar-refractivity contribution in [3.63, 3.8) is 0 Å². The zero-order valence-electron chi connectivity index (χ0n) is 10.6. The molecule has 102 valence electrons. The molecule has 2 heterocycles. The Hall–Kier alpha value is -2.83. The summed E-state index contributed by atoms with van der Waals surface area (Å²) in [6.45, 7) is 0.908. The molecule has 0 saturated carbocycles. The maximum absolute atomic E-state index is 11.9. The van der Waals surface area contributed by atoms with Crippen LogP contribution < -0.4 is 16.0 Å². The molecular weight excluding hydrogens is 258 g/mol. The van der Waals surface area contributed by atoms with E-state index in [1.807, 2.05) is 18.2 Å². The average Bonchev–Trinajstić information content (AvgIpc) is 2.89. The molecule has 0 bridgehead atoms. The highest BCUT2D eigenvalue weighted by atomic mass is 16.2. The molecule has 1 aliphatic rings. The summed E-state index contributed by atoms with van der Waals surface area (Å²) in [6, 6.07) is 9.03. The van der Waals surface area contributed by atoms with E-state index in [-0.39, 0.29) is 0 Å². The fraction of sp³-hybridized carbons (Fsp3) is 0.154. The van der Waals surface area contributed by atoms with Crippen LogP contribution in [-0.2, 0) is 9.59 Å². The highest BCUT2D eigenvalue weighted by molar-refractivity contribution is 6.41. The zero-order chi connectivity index (χ0) is 14.1. The molecule has 7 heteroatoms. The highest BCUT2D eigenvalue weighted by Gasteiger charge is 2.27. The van der Waals surface area contributed by atoms with Gasteiger partial charge < -0.3 is 16.0 Å². The second kappa shape index (κ2) is 4.69. The number of nitrogens with two attached hydrogens (primary N) is 1. The summed E-state index contributed by atoms with van der Waals surface area (Å²) in [6.07, 6.45) is 0. The number of aromatic nitrogens is 2. The van der Waals surface area contributed by atoms with Crippen molar-refractivity contribution >= 4 is 23.3 Å². The number of benzene rings is 1. The number of nitrogen functional groups attached to an aromatic ring is 1. The predicted octanol–water partition coefficient (Wildman–Crippen LogP) is 0.122. The van der Waals surface area contributed by atoms with Gasteiger partial charge in [0.15, 0.2) is 0 Å². The number of carbonyl (C=O) groups excluding carboxylic acids is 2. The first-order valence-corrected chi connectivity index (χ1v) is 6.16. The van der Waals surface area contributed by atoms with Crippen LogP contribution in [0.5, 0.6) is 0 Å². The van der Waals surface area contributed by atoms with Crippen molar-refractivity contribution in [2.45, 2.75) is 0 Å². The minimum absolute atomic E-state index is 0.402. The first-order chi connectivity index (χ1) is 9.65. The van der Waals surface area contributed by atoms with E-state index >= 15 is 0 Å². The van der Waals surface area contributed by atoms with Crippen LogP contribution in [0.1, 0.15) is 0 Å². The maximum Gasteiger partial charge on any atom is 0.316 e. The fourth-order valence-electron chi connectivity index (χ4n) is 2.15.